The standard InChI is InChI=1S/C14H20ClN3O2/c1-10-7-13(5-6-17(10)2)16-9-11-8-12(15)3-4-14(11)18(19)20/h3-4,8,10,13,16H,5-7,9H2,1-2H3. The molecule has 1 fully saturated rings. The Morgan fingerprint density at radius 3 is 2.95 bits per heavy atom. The van der Waals surface area contributed by atoms with Gasteiger partial charge < -0.3 is 10.2 Å². The zero-order valence-corrected chi connectivity index (χ0v) is 12.6. The van der Waals surface area contributed by atoms with Crippen molar-refractivity contribution >= 4 is 17.3 Å². The highest BCUT2D eigenvalue weighted by molar-refractivity contribution is 6.30. The lowest BCUT2D eigenvalue weighted by Gasteiger charge is -2.35. The monoisotopic (exact) mass is 297 g/mol. The van der Waals surface area contributed by atoms with Crippen molar-refractivity contribution in [2.24, 2.45) is 0 Å². The fourth-order valence-electron chi connectivity index (χ4n) is 2.60. The van der Waals surface area contributed by atoms with Gasteiger partial charge in [-0.2, -0.15) is 0 Å². The molecule has 1 heterocycles. The van der Waals surface area contributed by atoms with E-state index in [-0.39, 0.29) is 10.6 Å². The molecule has 1 aliphatic heterocycles. The molecule has 0 aliphatic carbocycles. The molecule has 1 saturated heterocycles. The highest BCUT2D eigenvalue weighted by Gasteiger charge is 2.23. The van der Waals surface area contributed by atoms with Crippen molar-refractivity contribution in [1.29, 1.82) is 0 Å². The molecule has 110 valence electrons. The molecule has 2 rings (SSSR count). The first-order chi connectivity index (χ1) is 9.47. The predicted octanol–water partition coefficient (Wildman–Crippen LogP) is 2.82. The maximum atomic E-state index is 11.0. The summed E-state index contributed by atoms with van der Waals surface area (Å²) in [5, 5.41) is 15.0. The van der Waals surface area contributed by atoms with Gasteiger partial charge in [0.05, 0.1) is 4.92 Å². The number of rotatable bonds is 4. The smallest absolute Gasteiger partial charge is 0.273 e. The second-order valence-corrected chi connectivity index (χ2v) is 5.90. The van der Waals surface area contributed by atoms with Gasteiger partial charge in [0.2, 0.25) is 0 Å². The van der Waals surface area contributed by atoms with Crippen LogP contribution < -0.4 is 5.32 Å². The lowest BCUT2D eigenvalue weighted by atomic mass is 9.98. The first-order valence-corrected chi connectivity index (χ1v) is 7.21. The number of nitro benzene ring substituents is 1. The maximum absolute atomic E-state index is 11.0. The molecule has 0 radical (unpaired) electrons. The lowest BCUT2D eigenvalue weighted by molar-refractivity contribution is -0.385. The van der Waals surface area contributed by atoms with Crippen molar-refractivity contribution in [3.05, 3.63) is 38.9 Å². The second kappa shape index (κ2) is 6.52. The summed E-state index contributed by atoms with van der Waals surface area (Å²) in [5.74, 6) is 0. The third-order valence-corrected chi connectivity index (χ3v) is 4.26. The highest BCUT2D eigenvalue weighted by atomic mass is 35.5. The summed E-state index contributed by atoms with van der Waals surface area (Å²) in [6.45, 7) is 3.74. The van der Waals surface area contributed by atoms with Gasteiger partial charge in [0.1, 0.15) is 0 Å². The Labute approximate surface area is 124 Å². The number of hydrogen-bond donors (Lipinski definition) is 1. The second-order valence-electron chi connectivity index (χ2n) is 5.46. The van der Waals surface area contributed by atoms with E-state index < -0.39 is 0 Å². The molecule has 0 saturated carbocycles. The van der Waals surface area contributed by atoms with Gasteiger partial charge in [-0.3, -0.25) is 10.1 Å². The van der Waals surface area contributed by atoms with Crippen molar-refractivity contribution in [3.63, 3.8) is 0 Å². The van der Waals surface area contributed by atoms with E-state index in [1.807, 2.05) is 0 Å². The molecule has 6 heteroatoms. The van der Waals surface area contributed by atoms with Gasteiger partial charge in [0, 0.05) is 35.3 Å². The number of benzene rings is 1. The van der Waals surface area contributed by atoms with Crippen LogP contribution in [0.2, 0.25) is 5.02 Å². The Bertz CT molecular complexity index is 495. The molecule has 2 atom stereocenters. The number of likely N-dealkylation sites (tertiary alicyclic amines) is 1. The number of nitrogens with zero attached hydrogens (tertiary/aromatic N) is 2. The van der Waals surface area contributed by atoms with Gasteiger partial charge in [-0.25, -0.2) is 0 Å². The Morgan fingerprint density at radius 2 is 2.30 bits per heavy atom. The third-order valence-electron chi connectivity index (χ3n) is 4.03. The van der Waals surface area contributed by atoms with Crippen LogP contribution in [0, 0.1) is 10.1 Å². The van der Waals surface area contributed by atoms with Crippen molar-refractivity contribution in [2.45, 2.75) is 38.4 Å². The summed E-state index contributed by atoms with van der Waals surface area (Å²) < 4.78 is 0. The minimum atomic E-state index is -0.357. The zero-order valence-electron chi connectivity index (χ0n) is 11.8. The Kier molecular flexibility index (Phi) is 4.96. The van der Waals surface area contributed by atoms with Crippen LogP contribution in [-0.2, 0) is 6.54 Å². The number of halogens is 1. The minimum absolute atomic E-state index is 0.128. The van der Waals surface area contributed by atoms with E-state index in [9.17, 15) is 10.1 Å². The molecule has 0 aromatic heterocycles. The molecule has 1 aromatic rings. The molecule has 1 aliphatic rings. The number of nitro groups is 1. The van der Waals surface area contributed by atoms with E-state index in [1.165, 1.54) is 6.07 Å². The van der Waals surface area contributed by atoms with Gasteiger partial charge in [-0.1, -0.05) is 11.6 Å². The summed E-state index contributed by atoms with van der Waals surface area (Å²) in [6, 6.07) is 5.64. The molecule has 1 aromatic carbocycles. The minimum Gasteiger partial charge on any atom is -0.310 e. The molecular weight excluding hydrogens is 278 g/mol. The van der Waals surface area contributed by atoms with E-state index >= 15 is 0 Å². The fraction of sp³-hybridized carbons (Fsp3) is 0.571. The maximum Gasteiger partial charge on any atom is 0.273 e. The highest BCUT2D eigenvalue weighted by Crippen LogP contribution is 2.23. The van der Waals surface area contributed by atoms with Crippen LogP contribution in [0.15, 0.2) is 18.2 Å². The van der Waals surface area contributed by atoms with Gasteiger partial charge in [-0.05, 0) is 45.5 Å². The number of nitrogens with one attached hydrogen (secondary N) is 1. The molecule has 0 spiro atoms. The third kappa shape index (κ3) is 3.69. The Balaban J connectivity index is 2.00. The Hall–Kier alpha value is -1.17. The Morgan fingerprint density at radius 1 is 1.55 bits per heavy atom. The van der Waals surface area contributed by atoms with Crippen LogP contribution in [-0.4, -0.2) is 35.5 Å². The summed E-state index contributed by atoms with van der Waals surface area (Å²) >= 11 is 5.93. The number of hydrogen-bond acceptors (Lipinski definition) is 4. The predicted molar refractivity (Wildman–Crippen MR) is 80.1 cm³/mol. The van der Waals surface area contributed by atoms with E-state index in [4.69, 9.17) is 11.6 Å². The average Bonchev–Trinajstić information content (AvgIpc) is 2.40. The first kappa shape index (κ1) is 15.2. The molecule has 5 nitrogen and oxygen atoms in total. The quantitative estimate of drug-likeness (QED) is 0.686. The van der Waals surface area contributed by atoms with Crippen molar-refractivity contribution in [1.82, 2.24) is 10.2 Å². The molecular formula is C14H20ClN3O2. The van der Waals surface area contributed by atoms with Crippen molar-refractivity contribution < 1.29 is 4.92 Å². The van der Waals surface area contributed by atoms with E-state index in [0.717, 1.165) is 19.4 Å². The van der Waals surface area contributed by atoms with Crippen LogP contribution in [0.3, 0.4) is 0 Å². The van der Waals surface area contributed by atoms with E-state index in [2.05, 4.69) is 24.2 Å². The summed E-state index contributed by atoms with van der Waals surface area (Å²) in [7, 11) is 2.13. The fourth-order valence-corrected chi connectivity index (χ4v) is 2.80. The molecule has 1 N–H and O–H groups in total. The van der Waals surface area contributed by atoms with Crippen LogP contribution >= 0.6 is 11.6 Å². The number of piperidine rings is 1. The molecule has 0 amide bonds. The normalized spacial score (nSPS) is 23.8. The summed E-state index contributed by atoms with van der Waals surface area (Å²) in [4.78, 5) is 13.0. The SMILES string of the molecule is CC1CC(NCc2cc(Cl)ccc2[N+](=O)[O-])CCN1C. The van der Waals surface area contributed by atoms with Crippen LogP contribution in [0.5, 0.6) is 0 Å². The van der Waals surface area contributed by atoms with Crippen molar-refractivity contribution in [2.75, 3.05) is 13.6 Å². The van der Waals surface area contributed by atoms with Crippen LogP contribution in [0.1, 0.15) is 25.3 Å². The van der Waals surface area contributed by atoms with E-state index in [0.29, 0.717) is 29.2 Å². The summed E-state index contributed by atoms with van der Waals surface area (Å²) in [6.07, 6.45) is 2.13. The first-order valence-electron chi connectivity index (χ1n) is 6.84. The molecule has 20 heavy (non-hydrogen) atoms. The van der Waals surface area contributed by atoms with Crippen LogP contribution in [0.4, 0.5) is 5.69 Å². The van der Waals surface area contributed by atoms with Crippen LogP contribution in [0.25, 0.3) is 0 Å². The average molecular weight is 298 g/mol. The van der Waals surface area contributed by atoms with Gasteiger partial charge in [0.15, 0.2) is 0 Å². The topological polar surface area (TPSA) is 58.4 Å². The molecule has 2 unspecified atom stereocenters. The summed E-state index contributed by atoms with van der Waals surface area (Å²) in [5.41, 5.74) is 0.775. The van der Waals surface area contributed by atoms with Gasteiger partial charge in [-0.15, -0.1) is 0 Å². The van der Waals surface area contributed by atoms with Gasteiger partial charge >= 0.3 is 0 Å². The zero-order chi connectivity index (χ0) is 14.7. The van der Waals surface area contributed by atoms with Crippen molar-refractivity contribution in [3.8, 4) is 0 Å². The van der Waals surface area contributed by atoms with Gasteiger partial charge in [0.25, 0.3) is 5.69 Å². The molecule has 0 bridgehead atoms. The van der Waals surface area contributed by atoms with E-state index in [1.54, 1.807) is 12.1 Å². The largest absolute Gasteiger partial charge is 0.310 e. The lowest BCUT2D eigenvalue weighted by Crippen LogP contribution is -2.45.